The van der Waals surface area contributed by atoms with Crippen LogP contribution in [0.1, 0.15) is 11.1 Å². The molecule has 2 rings (SSSR count). The van der Waals surface area contributed by atoms with Gasteiger partial charge in [0.1, 0.15) is 12.3 Å². The van der Waals surface area contributed by atoms with E-state index < -0.39 is 0 Å². The number of nitrogens with zero attached hydrogens (tertiary/aromatic N) is 1. The van der Waals surface area contributed by atoms with Crippen molar-refractivity contribution >= 4 is 5.91 Å². The summed E-state index contributed by atoms with van der Waals surface area (Å²) in [4.78, 5) is 23.4. The molecule has 0 bridgehead atoms. The van der Waals surface area contributed by atoms with Gasteiger partial charge < -0.3 is 14.6 Å². The van der Waals surface area contributed by atoms with Crippen molar-refractivity contribution in [3.05, 3.63) is 64.1 Å². The normalized spacial score (nSPS) is 10.3. The lowest BCUT2D eigenvalue weighted by Crippen LogP contribution is -2.32. The van der Waals surface area contributed by atoms with Crippen LogP contribution in [-0.4, -0.2) is 24.1 Å². The molecule has 1 aromatic heterocycles. The van der Waals surface area contributed by atoms with Crippen LogP contribution in [0.25, 0.3) is 0 Å². The van der Waals surface area contributed by atoms with Gasteiger partial charge in [0.15, 0.2) is 0 Å². The Morgan fingerprint density at radius 1 is 1.27 bits per heavy atom. The van der Waals surface area contributed by atoms with E-state index >= 15 is 0 Å². The van der Waals surface area contributed by atoms with E-state index in [0.717, 1.165) is 16.9 Å². The fourth-order valence-electron chi connectivity index (χ4n) is 2.24. The van der Waals surface area contributed by atoms with E-state index in [4.69, 9.17) is 4.74 Å². The summed E-state index contributed by atoms with van der Waals surface area (Å²) in [6.45, 7) is 2.55. The number of carbonyl (C=O) groups excluding carboxylic acids is 1. The number of methoxy groups -OCH3 is 1. The highest BCUT2D eigenvalue weighted by atomic mass is 16.5. The number of carbonyl (C=O) groups is 1. The third-order valence-corrected chi connectivity index (χ3v) is 3.37. The van der Waals surface area contributed by atoms with Crippen LogP contribution in [0.4, 0.5) is 0 Å². The molecule has 0 unspecified atom stereocenters. The van der Waals surface area contributed by atoms with Crippen LogP contribution in [0.3, 0.4) is 0 Å². The molecule has 1 amide bonds. The van der Waals surface area contributed by atoms with Crippen molar-refractivity contribution in [1.29, 1.82) is 0 Å². The molecule has 1 N–H and O–H groups in total. The number of ether oxygens (including phenoxy) is 1. The summed E-state index contributed by atoms with van der Waals surface area (Å²) in [7, 11) is 1.63. The third-order valence-electron chi connectivity index (χ3n) is 3.37. The molecule has 5 heteroatoms. The third kappa shape index (κ3) is 4.22. The van der Waals surface area contributed by atoms with Crippen LogP contribution >= 0.6 is 0 Å². The van der Waals surface area contributed by atoms with Gasteiger partial charge in [0, 0.05) is 18.8 Å². The second kappa shape index (κ2) is 7.45. The zero-order chi connectivity index (χ0) is 15.9. The van der Waals surface area contributed by atoms with Gasteiger partial charge in [-0.3, -0.25) is 9.59 Å². The lowest BCUT2D eigenvalue weighted by Gasteiger charge is -2.11. The van der Waals surface area contributed by atoms with Crippen molar-refractivity contribution in [3.8, 4) is 5.75 Å². The molecule has 5 nitrogen and oxygen atoms in total. The molecule has 0 aliphatic rings. The number of aryl methyl sites for hydroxylation is 1. The number of hydrogen-bond donors (Lipinski definition) is 1. The van der Waals surface area contributed by atoms with E-state index in [2.05, 4.69) is 5.32 Å². The van der Waals surface area contributed by atoms with E-state index in [1.165, 1.54) is 10.6 Å². The summed E-state index contributed by atoms with van der Waals surface area (Å²) in [6, 6.07) is 10.8. The Labute approximate surface area is 129 Å². The van der Waals surface area contributed by atoms with Crippen molar-refractivity contribution in [3.63, 3.8) is 0 Å². The molecular formula is C17H20N2O3. The summed E-state index contributed by atoms with van der Waals surface area (Å²) in [5.41, 5.74) is 2.02. The fourth-order valence-corrected chi connectivity index (χ4v) is 2.24. The molecule has 0 aliphatic carbocycles. The smallest absolute Gasteiger partial charge is 0.250 e. The minimum Gasteiger partial charge on any atom is -0.496 e. The maximum absolute atomic E-state index is 11.9. The quantitative estimate of drug-likeness (QED) is 0.880. The second-order valence-corrected chi connectivity index (χ2v) is 5.08. The highest BCUT2D eigenvalue weighted by molar-refractivity contribution is 5.75. The van der Waals surface area contributed by atoms with Gasteiger partial charge in [-0.1, -0.05) is 23.8 Å². The van der Waals surface area contributed by atoms with Crippen molar-refractivity contribution < 1.29 is 9.53 Å². The molecule has 0 saturated carbocycles. The highest BCUT2D eigenvalue weighted by Gasteiger charge is 2.06. The lowest BCUT2D eigenvalue weighted by atomic mass is 10.1. The number of benzene rings is 1. The molecule has 1 aromatic carbocycles. The average molecular weight is 300 g/mol. The van der Waals surface area contributed by atoms with Gasteiger partial charge in [-0.05, 0) is 31.0 Å². The summed E-state index contributed by atoms with van der Waals surface area (Å²) in [5, 5.41) is 2.82. The maximum atomic E-state index is 11.9. The standard InChI is InChI=1S/C17H20N2O3/c1-13-6-7-15(22-2)14(11-13)8-9-18-16(20)12-19-10-4-3-5-17(19)21/h3-7,10-11H,8-9,12H2,1-2H3,(H,18,20). The summed E-state index contributed by atoms with van der Waals surface area (Å²) in [5.74, 6) is 0.638. The number of rotatable bonds is 6. The lowest BCUT2D eigenvalue weighted by molar-refractivity contribution is -0.121. The minimum atomic E-state index is -0.182. The Morgan fingerprint density at radius 3 is 2.82 bits per heavy atom. The van der Waals surface area contributed by atoms with E-state index in [9.17, 15) is 9.59 Å². The summed E-state index contributed by atoms with van der Waals surface area (Å²) in [6.07, 6.45) is 2.28. The Morgan fingerprint density at radius 2 is 2.09 bits per heavy atom. The number of pyridine rings is 1. The first-order valence-electron chi connectivity index (χ1n) is 7.16. The fraction of sp³-hybridized carbons (Fsp3) is 0.294. The van der Waals surface area contributed by atoms with Crippen LogP contribution < -0.4 is 15.6 Å². The minimum absolute atomic E-state index is 0.0324. The number of amides is 1. The van der Waals surface area contributed by atoms with E-state index in [0.29, 0.717) is 13.0 Å². The largest absolute Gasteiger partial charge is 0.496 e. The second-order valence-electron chi connectivity index (χ2n) is 5.08. The van der Waals surface area contributed by atoms with Crippen molar-refractivity contribution in [2.24, 2.45) is 0 Å². The van der Waals surface area contributed by atoms with Crippen LogP contribution in [0.2, 0.25) is 0 Å². The zero-order valence-corrected chi connectivity index (χ0v) is 12.8. The molecule has 0 saturated heterocycles. The van der Waals surface area contributed by atoms with Crippen LogP contribution in [0, 0.1) is 6.92 Å². The molecule has 0 radical (unpaired) electrons. The van der Waals surface area contributed by atoms with Gasteiger partial charge in [0.2, 0.25) is 5.91 Å². The van der Waals surface area contributed by atoms with Crippen LogP contribution in [0.5, 0.6) is 5.75 Å². The predicted octanol–water partition coefficient (Wildman–Crippen LogP) is 1.52. The van der Waals surface area contributed by atoms with Gasteiger partial charge in [0.05, 0.1) is 7.11 Å². The molecule has 0 atom stereocenters. The topological polar surface area (TPSA) is 60.3 Å². The number of aromatic nitrogens is 1. The molecule has 0 fully saturated rings. The Kier molecular flexibility index (Phi) is 5.36. The first-order chi connectivity index (χ1) is 10.6. The molecule has 2 aromatic rings. The highest BCUT2D eigenvalue weighted by Crippen LogP contribution is 2.19. The molecular weight excluding hydrogens is 280 g/mol. The van der Waals surface area contributed by atoms with E-state index in [-0.39, 0.29) is 18.0 Å². The Balaban J connectivity index is 1.89. The van der Waals surface area contributed by atoms with Gasteiger partial charge in [-0.25, -0.2) is 0 Å². The van der Waals surface area contributed by atoms with Crippen molar-refractivity contribution in [1.82, 2.24) is 9.88 Å². The maximum Gasteiger partial charge on any atom is 0.250 e. The van der Waals surface area contributed by atoms with E-state index in [1.54, 1.807) is 25.4 Å². The Bertz CT molecular complexity index is 707. The van der Waals surface area contributed by atoms with Crippen LogP contribution in [0.15, 0.2) is 47.4 Å². The Hall–Kier alpha value is -2.56. The molecule has 1 heterocycles. The molecule has 0 aliphatic heterocycles. The number of hydrogen-bond acceptors (Lipinski definition) is 3. The average Bonchev–Trinajstić information content (AvgIpc) is 2.50. The van der Waals surface area contributed by atoms with Crippen molar-refractivity contribution in [2.75, 3.05) is 13.7 Å². The van der Waals surface area contributed by atoms with Crippen LogP contribution in [-0.2, 0) is 17.8 Å². The predicted molar refractivity (Wildman–Crippen MR) is 85.1 cm³/mol. The number of nitrogens with one attached hydrogen (secondary N) is 1. The van der Waals surface area contributed by atoms with Gasteiger partial charge in [0.25, 0.3) is 5.56 Å². The van der Waals surface area contributed by atoms with E-state index in [1.807, 2.05) is 25.1 Å². The molecule has 22 heavy (non-hydrogen) atoms. The first-order valence-corrected chi connectivity index (χ1v) is 7.16. The monoisotopic (exact) mass is 300 g/mol. The van der Waals surface area contributed by atoms with Gasteiger partial charge >= 0.3 is 0 Å². The zero-order valence-electron chi connectivity index (χ0n) is 12.8. The summed E-state index contributed by atoms with van der Waals surface area (Å²) < 4.78 is 6.69. The van der Waals surface area contributed by atoms with Gasteiger partial charge in [-0.15, -0.1) is 0 Å². The molecule has 116 valence electrons. The van der Waals surface area contributed by atoms with Crippen molar-refractivity contribution in [2.45, 2.75) is 19.9 Å². The van der Waals surface area contributed by atoms with Gasteiger partial charge in [-0.2, -0.15) is 0 Å². The SMILES string of the molecule is COc1ccc(C)cc1CCNC(=O)Cn1ccccc1=O. The first kappa shape index (κ1) is 15.8. The summed E-state index contributed by atoms with van der Waals surface area (Å²) >= 11 is 0. The molecule has 0 spiro atoms.